The molecule has 2 fully saturated rings. The molecule has 0 saturated carbocycles. The summed E-state index contributed by atoms with van der Waals surface area (Å²) in [6, 6.07) is 4.94. The second-order valence-corrected chi connectivity index (χ2v) is 10.3. The number of benzene rings is 1. The van der Waals surface area contributed by atoms with Crippen molar-refractivity contribution in [3.63, 3.8) is 0 Å². The van der Waals surface area contributed by atoms with E-state index in [0.29, 0.717) is 59.6 Å². The number of piperazine rings is 1. The molecule has 0 aliphatic carbocycles. The highest BCUT2D eigenvalue weighted by molar-refractivity contribution is 6.35. The molecule has 2 atom stereocenters. The summed E-state index contributed by atoms with van der Waals surface area (Å²) in [5, 5.41) is 13.8. The van der Waals surface area contributed by atoms with Crippen LogP contribution in [0.1, 0.15) is 37.8 Å². The number of carbonyl (C=O) groups excluding carboxylic acids is 1. The number of halogens is 3. The van der Waals surface area contributed by atoms with Crippen LogP contribution < -0.4 is 10.2 Å². The summed E-state index contributed by atoms with van der Waals surface area (Å²) in [4.78, 5) is 39.0. The van der Waals surface area contributed by atoms with Crippen molar-refractivity contribution >= 4 is 58.4 Å². The van der Waals surface area contributed by atoms with E-state index in [4.69, 9.17) is 39.9 Å². The average molecular weight is 556 g/mol. The smallest absolute Gasteiger partial charge is 0.304 e. The lowest BCUT2D eigenvalue weighted by Crippen LogP contribution is -2.54. The molecular weight excluding hydrogens is 527 g/mol. The van der Waals surface area contributed by atoms with E-state index in [1.54, 1.807) is 18.3 Å². The van der Waals surface area contributed by atoms with Crippen LogP contribution in [0.25, 0.3) is 0 Å². The van der Waals surface area contributed by atoms with Gasteiger partial charge in [0.2, 0.25) is 11.9 Å². The highest BCUT2D eigenvalue weighted by atomic mass is 35.5. The molecule has 1 aromatic heterocycles. The van der Waals surface area contributed by atoms with Crippen LogP contribution in [0.15, 0.2) is 24.4 Å². The first-order chi connectivity index (χ1) is 17.2. The van der Waals surface area contributed by atoms with E-state index < -0.39 is 5.97 Å². The summed E-state index contributed by atoms with van der Waals surface area (Å²) in [6.07, 6.45) is 3.29. The summed E-state index contributed by atoms with van der Waals surface area (Å²) < 4.78 is 0. The third-order valence-corrected chi connectivity index (χ3v) is 7.49. The van der Waals surface area contributed by atoms with Crippen LogP contribution >= 0.6 is 34.8 Å². The summed E-state index contributed by atoms with van der Waals surface area (Å²) in [5.74, 6) is 0.265. The maximum absolute atomic E-state index is 13.1. The van der Waals surface area contributed by atoms with Crippen LogP contribution in [0.5, 0.6) is 0 Å². The highest BCUT2D eigenvalue weighted by Crippen LogP contribution is 2.31. The molecule has 0 radical (unpaired) electrons. The first-order valence-electron chi connectivity index (χ1n) is 12.0. The van der Waals surface area contributed by atoms with Crippen LogP contribution in [0.4, 0.5) is 11.8 Å². The van der Waals surface area contributed by atoms with E-state index in [-0.39, 0.29) is 24.4 Å². The Labute approximate surface area is 225 Å². The van der Waals surface area contributed by atoms with Gasteiger partial charge in [-0.05, 0) is 44.0 Å². The molecule has 1 aromatic carbocycles. The number of rotatable bonds is 8. The van der Waals surface area contributed by atoms with Gasteiger partial charge in [-0.15, -0.1) is 0 Å². The van der Waals surface area contributed by atoms with E-state index >= 15 is 0 Å². The molecule has 3 heterocycles. The van der Waals surface area contributed by atoms with E-state index in [1.165, 1.54) is 0 Å². The van der Waals surface area contributed by atoms with Crippen LogP contribution in [0.3, 0.4) is 0 Å². The molecule has 0 bridgehead atoms. The summed E-state index contributed by atoms with van der Waals surface area (Å²) >= 11 is 18.7. The third kappa shape index (κ3) is 6.32. The minimum atomic E-state index is -0.843. The van der Waals surface area contributed by atoms with Gasteiger partial charge in [-0.1, -0.05) is 40.9 Å². The number of hydrogen-bond donors (Lipinski definition) is 2. The Bertz CT molecular complexity index is 1110. The van der Waals surface area contributed by atoms with Crippen LogP contribution in [0, 0.1) is 0 Å². The molecule has 2 aliphatic heterocycles. The molecule has 1 unspecified atom stereocenters. The zero-order valence-electron chi connectivity index (χ0n) is 20.0. The number of carboxylic acid groups (broad SMARTS) is 1. The summed E-state index contributed by atoms with van der Waals surface area (Å²) in [5.41, 5.74) is 0.869. The van der Waals surface area contributed by atoms with Gasteiger partial charge in [-0.3, -0.25) is 14.5 Å². The van der Waals surface area contributed by atoms with E-state index in [2.05, 4.69) is 15.3 Å². The standard InChI is InChI=1S/C24H29Cl3N6O3/c1-15(17-5-4-16(25)13-18(17)26)29-22-19(27)14-28-24(30-22)33-11-9-32(10-12-33)23(36)20-3-2-7-31(20)8-6-21(34)35/h4-5,13-15,20H,2-3,6-12H2,1H3,(H,34,35)(H,28,29,30)/t15-,20?/m1/s1. The Morgan fingerprint density at radius 1 is 1.14 bits per heavy atom. The first-order valence-corrected chi connectivity index (χ1v) is 13.1. The Morgan fingerprint density at radius 3 is 2.58 bits per heavy atom. The highest BCUT2D eigenvalue weighted by Gasteiger charge is 2.35. The van der Waals surface area contributed by atoms with Crippen molar-refractivity contribution in [3.8, 4) is 0 Å². The molecule has 4 rings (SSSR count). The predicted molar refractivity (Wildman–Crippen MR) is 141 cm³/mol. The summed E-state index contributed by atoms with van der Waals surface area (Å²) in [7, 11) is 0. The van der Waals surface area contributed by atoms with Crippen molar-refractivity contribution in [2.45, 2.75) is 38.3 Å². The fraction of sp³-hybridized carbons (Fsp3) is 0.500. The Hall–Kier alpha value is -2.33. The zero-order valence-corrected chi connectivity index (χ0v) is 22.2. The number of carboxylic acids is 1. The lowest BCUT2D eigenvalue weighted by atomic mass is 10.1. The quantitative estimate of drug-likeness (QED) is 0.500. The number of carbonyl (C=O) groups is 2. The van der Waals surface area contributed by atoms with Gasteiger partial charge < -0.3 is 20.2 Å². The lowest BCUT2D eigenvalue weighted by molar-refractivity contribution is -0.140. The van der Waals surface area contributed by atoms with Crippen molar-refractivity contribution in [3.05, 3.63) is 45.0 Å². The minimum Gasteiger partial charge on any atom is -0.481 e. The molecule has 12 heteroatoms. The van der Waals surface area contributed by atoms with Crippen LogP contribution in [0.2, 0.25) is 15.1 Å². The fourth-order valence-corrected chi connectivity index (χ4v) is 5.41. The normalized spacial score (nSPS) is 19.4. The molecule has 2 saturated heterocycles. The van der Waals surface area contributed by atoms with Gasteiger partial charge in [0.25, 0.3) is 0 Å². The zero-order chi connectivity index (χ0) is 25.8. The lowest BCUT2D eigenvalue weighted by Gasteiger charge is -2.37. The predicted octanol–water partition coefficient (Wildman–Crippen LogP) is 4.20. The van der Waals surface area contributed by atoms with Gasteiger partial charge in [-0.2, -0.15) is 4.98 Å². The number of nitrogens with one attached hydrogen (secondary N) is 1. The topological polar surface area (TPSA) is 102 Å². The molecular formula is C24H29Cl3N6O3. The van der Waals surface area contributed by atoms with Crippen molar-refractivity contribution in [1.29, 1.82) is 0 Å². The van der Waals surface area contributed by atoms with Gasteiger partial charge in [0.15, 0.2) is 5.82 Å². The molecule has 0 spiro atoms. The average Bonchev–Trinajstić information content (AvgIpc) is 3.32. The third-order valence-electron chi connectivity index (χ3n) is 6.65. The van der Waals surface area contributed by atoms with Crippen molar-refractivity contribution in [2.24, 2.45) is 0 Å². The second-order valence-electron chi connectivity index (χ2n) is 9.05. The van der Waals surface area contributed by atoms with Crippen molar-refractivity contribution in [1.82, 2.24) is 19.8 Å². The van der Waals surface area contributed by atoms with Gasteiger partial charge in [0, 0.05) is 42.8 Å². The fourth-order valence-electron chi connectivity index (χ4n) is 4.70. The van der Waals surface area contributed by atoms with Gasteiger partial charge in [0.1, 0.15) is 5.02 Å². The number of nitrogens with zero attached hydrogens (tertiary/aromatic N) is 5. The molecule has 2 aliphatic rings. The van der Waals surface area contributed by atoms with Gasteiger partial charge >= 0.3 is 5.97 Å². The molecule has 2 aromatic rings. The number of amides is 1. The number of aromatic nitrogens is 2. The maximum atomic E-state index is 13.1. The van der Waals surface area contributed by atoms with E-state index in [9.17, 15) is 9.59 Å². The summed E-state index contributed by atoms with van der Waals surface area (Å²) in [6.45, 7) is 5.40. The van der Waals surface area contributed by atoms with Crippen molar-refractivity contribution in [2.75, 3.05) is 49.5 Å². The number of likely N-dealkylation sites (tertiary alicyclic amines) is 1. The molecule has 2 N–H and O–H groups in total. The number of hydrogen-bond acceptors (Lipinski definition) is 7. The first kappa shape index (κ1) is 26.7. The van der Waals surface area contributed by atoms with Crippen molar-refractivity contribution < 1.29 is 14.7 Å². The molecule has 9 nitrogen and oxygen atoms in total. The number of aliphatic carboxylic acids is 1. The minimum absolute atomic E-state index is 0.0463. The number of anilines is 2. The largest absolute Gasteiger partial charge is 0.481 e. The maximum Gasteiger partial charge on any atom is 0.304 e. The Morgan fingerprint density at radius 2 is 1.89 bits per heavy atom. The monoisotopic (exact) mass is 554 g/mol. The molecule has 1 amide bonds. The van der Waals surface area contributed by atoms with Crippen LogP contribution in [-0.2, 0) is 9.59 Å². The van der Waals surface area contributed by atoms with E-state index in [0.717, 1.165) is 24.9 Å². The molecule has 36 heavy (non-hydrogen) atoms. The van der Waals surface area contributed by atoms with Crippen LogP contribution in [-0.4, -0.2) is 82.1 Å². The van der Waals surface area contributed by atoms with Gasteiger partial charge in [0.05, 0.1) is 24.7 Å². The second kappa shape index (κ2) is 11.8. The van der Waals surface area contributed by atoms with Gasteiger partial charge in [-0.25, -0.2) is 4.98 Å². The Balaban J connectivity index is 1.37. The SMILES string of the molecule is C[C@@H](Nc1nc(N2CCN(C(=O)C3CCCN3CCC(=O)O)CC2)ncc1Cl)c1ccc(Cl)cc1Cl. The van der Waals surface area contributed by atoms with E-state index in [1.807, 2.05) is 27.7 Å². The Kier molecular flexibility index (Phi) is 8.77. The molecule has 194 valence electrons.